The third-order valence-corrected chi connectivity index (χ3v) is 4.99. The van der Waals surface area contributed by atoms with Crippen LogP contribution in [-0.2, 0) is 11.4 Å². The van der Waals surface area contributed by atoms with Gasteiger partial charge in [-0.2, -0.15) is 5.26 Å². The molecule has 0 aliphatic carbocycles. The maximum Gasteiger partial charge on any atom is 0.266 e. The van der Waals surface area contributed by atoms with Crippen LogP contribution in [0.3, 0.4) is 0 Å². The molecule has 0 radical (unpaired) electrons. The lowest BCUT2D eigenvalue weighted by Crippen LogP contribution is -2.13. The standard InChI is InChI=1S/C28H27ClN2O4/c1-4-33-27-16-21(7-14-26(27)35-19(2)3)15-22(17-30)28(32)31-24-10-12-25(13-11-24)34-18-20-5-8-23(29)9-6-20/h5-16,19H,4,18H2,1-3H3,(H,31,32)/b22-15+. The molecule has 0 fully saturated rings. The van der Waals surface area contributed by atoms with Gasteiger partial charge in [0, 0.05) is 10.7 Å². The van der Waals surface area contributed by atoms with Crippen molar-refractivity contribution in [1.29, 1.82) is 5.26 Å². The van der Waals surface area contributed by atoms with E-state index >= 15 is 0 Å². The third-order valence-electron chi connectivity index (χ3n) is 4.74. The molecule has 6 nitrogen and oxygen atoms in total. The van der Waals surface area contributed by atoms with Gasteiger partial charge in [0.05, 0.1) is 12.7 Å². The molecule has 180 valence electrons. The highest BCUT2D eigenvalue weighted by atomic mass is 35.5. The third kappa shape index (κ3) is 7.80. The fourth-order valence-corrected chi connectivity index (χ4v) is 3.26. The van der Waals surface area contributed by atoms with Crippen LogP contribution >= 0.6 is 11.6 Å². The summed E-state index contributed by atoms with van der Waals surface area (Å²) < 4.78 is 17.2. The van der Waals surface area contributed by atoms with Crippen molar-refractivity contribution in [2.75, 3.05) is 11.9 Å². The Balaban J connectivity index is 1.66. The number of hydrogen-bond donors (Lipinski definition) is 1. The summed E-state index contributed by atoms with van der Waals surface area (Å²) in [5.41, 5.74) is 2.16. The maximum absolute atomic E-state index is 12.7. The van der Waals surface area contributed by atoms with Crippen molar-refractivity contribution in [3.8, 4) is 23.3 Å². The Hall–Kier alpha value is -3.95. The van der Waals surface area contributed by atoms with Gasteiger partial charge in [-0.1, -0.05) is 29.8 Å². The number of hydrogen-bond acceptors (Lipinski definition) is 5. The summed E-state index contributed by atoms with van der Waals surface area (Å²) in [4.78, 5) is 12.7. The van der Waals surface area contributed by atoms with Gasteiger partial charge < -0.3 is 19.5 Å². The molecule has 0 saturated carbocycles. The van der Waals surface area contributed by atoms with Crippen LogP contribution in [0.2, 0.25) is 5.02 Å². The first-order valence-electron chi connectivity index (χ1n) is 11.2. The van der Waals surface area contributed by atoms with Crippen molar-refractivity contribution in [2.45, 2.75) is 33.5 Å². The van der Waals surface area contributed by atoms with Gasteiger partial charge in [-0.05, 0) is 86.5 Å². The SMILES string of the molecule is CCOc1cc(/C=C(\C#N)C(=O)Nc2ccc(OCc3ccc(Cl)cc3)cc2)ccc1OC(C)C. The molecule has 0 bridgehead atoms. The van der Waals surface area contributed by atoms with Gasteiger partial charge in [0.15, 0.2) is 11.5 Å². The van der Waals surface area contributed by atoms with Crippen LogP contribution < -0.4 is 19.5 Å². The van der Waals surface area contributed by atoms with Crippen molar-refractivity contribution < 1.29 is 19.0 Å². The molecule has 3 rings (SSSR count). The van der Waals surface area contributed by atoms with Crippen LogP contribution in [0.1, 0.15) is 31.9 Å². The fourth-order valence-electron chi connectivity index (χ4n) is 3.13. The number of ether oxygens (including phenoxy) is 3. The summed E-state index contributed by atoms with van der Waals surface area (Å²) >= 11 is 5.90. The van der Waals surface area contributed by atoms with Crippen molar-refractivity contribution >= 4 is 29.3 Å². The van der Waals surface area contributed by atoms with Crippen molar-refractivity contribution in [1.82, 2.24) is 0 Å². The molecule has 0 heterocycles. The summed E-state index contributed by atoms with van der Waals surface area (Å²) in [5.74, 6) is 1.31. The fraction of sp³-hybridized carbons (Fsp3) is 0.214. The first kappa shape index (κ1) is 25.7. The zero-order valence-corrected chi connectivity index (χ0v) is 20.6. The molecule has 7 heteroatoms. The summed E-state index contributed by atoms with van der Waals surface area (Å²) in [6.45, 7) is 6.60. The molecule has 1 amide bonds. The van der Waals surface area contributed by atoms with Gasteiger partial charge in [-0.25, -0.2) is 0 Å². The normalized spacial score (nSPS) is 11.0. The molecule has 0 aliphatic heterocycles. The van der Waals surface area contributed by atoms with Crippen LogP contribution in [0.15, 0.2) is 72.3 Å². The Labute approximate surface area is 210 Å². The molecular weight excluding hydrogens is 464 g/mol. The lowest BCUT2D eigenvalue weighted by atomic mass is 10.1. The number of benzene rings is 3. The van der Waals surface area contributed by atoms with E-state index in [2.05, 4.69) is 5.32 Å². The van der Waals surface area contributed by atoms with E-state index < -0.39 is 5.91 Å². The number of carbonyl (C=O) groups excluding carboxylic acids is 1. The van der Waals surface area contributed by atoms with Gasteiger partial charge in [0.25, 0.3) is 5.91 Å². The quantitative estimate of drug-likeness (QED) is 0.254. The predicted octanol–water partition coefficient (Wildman–Crippen LogP) is 6.65. The van der Waals surface area contributed by atoms with E-state index in [9.17, 15) is 10.1 Å². The van der Waals surface area contributed by atoms with Gasteiger partial charge in [-0.3, -0.25) is 4.79 Å². The molecular formula is C28H27ClN2O4. The van der Waals surface area contributed by atoms with Gasteiger partial charge >= 0.3 is 0 Å². The number of carbonyl (C=O) groups is 1. The second kappa shape index (κ2) is 12.5. The zero-order valence-electron chi connectivity index (χ0n) is 19.9. The summed E-state index contributed by atoms with van der Waals surface area (Å²) in [6.07, 6.45) is 1.51. The number of anilines is 1. The summed E-state index contributed by atoms with van der Waals surface area (Å²) in [6, 6.07) is 21.6. The number of halogens is 1. The Morgan fingerprint density at radius 1 is 1.03 bits per heavy atom. The minimum absolute atomic E-state index is 0.00901. The first-order valence-corrected chi connectivity index (χ1v) is 11.6. The number of amides is 1. The highest BCUT2D eigenvalue weighted by molar-refractivity contribution is 6.30. The van der Waals surface area contributed by atoms with E-state index in [0.29, 0.717) is 46.7 Å². The minimum Gasteiger partial charge on any atom is -0.490 e. The number of nitrogens with zero attached hydrogens (tertiary/aromatic N) is 1. The molecule has 0 atom stereocenters. The Morgan fingerprint density at radius 2 is 1.74 bits per heavy atom. The van der Waals surface area contributed by atoms with Crippen molar-refractivity contribution in [3.63, 3.8) is 0 Å². The van der Waals surface area contributed by atoms with Gasteiger partial charge in [-0.15, -0.1) is 0 Å². The van der Waals surface area contributed by atoms with Crippen LogP contribution in [-0.4, -0.2) is 18.6 Å². The number of rotatable bonds is 10. The molecule has 0 unspecified atom stereocenters. The van der Waals surface area contributed by atoms with Crippen molar-refractivity contribution in [3.05, 3.63) is 88.5 Å². The lowest BCUT2D eigenvalue weighted by Gasteiger charge is -2.15. The molecule has 0 spiro atoms. The Bertz CT molecular complexity index is 1210. The number of nitriles is 1. The minimum atomic E-state index is -0.511. The van der Waals surface area contributed by atoms with Crippen LogP contribution in [0.4, 0.5) is 5.69 Å². The van der Waals surface area contributed by atoms with Gasteiger partial charge in [0.2, 0.25) is 0 Å². The molecule has 3 aromatic rings. The lowest BCUT2D eigenvalue weighted by molar-refractivity contribution is -0.112. The maximum atomic E-state index is 12.7. The summed E-state index contributed by atoms with van der Waals surface area (Å²) in [7, 11) is 0. The van der Waals surface area contributed by atoms with Crippen LogP contribution in [0.25, 0.3) is 6.08 Å². The van der Waals surface area contributed by atoms with Crippen molar-refractivity contribution in [2.24, 2.45) is 0 Å². The van der Waals surface area contributed by atoms with E-state index in [-0.39, 0.29) is 11.7 Å². The topological polar surface area (TPSA) is 80.6 Å². The average Bonchev–Trinajstić information content (AvgIpc) is 2.84. The Kier molecular flexibility index (Phi) is 9.16. The second-order valence-corrected chi connectivity index (χ2v) is 8.31. The van der Waals surface area contributed by atoms with Gasteiger partial charge in [0.1, 0.15) is 24.0 Å². The first-order chi connectivity index (χ1) is 16.9. The van der Waals surface area contributed by atoms with Crippen LogP contribution in [0, 0.1) is 11.3 Å². The monoisotopic (exact) mass is 490 g/mol. The molecule has 3 aromatic carbocycles. The smallest absolute Gasteiger partial charge is 0.266 e. The van der Waals surface area contributed by atoms with E-state index in [1.807, 2.05) is 51.1 Å². The average molecular weight is 491 g/mol. The largest absolute Gasteiger partial charge is 0.490 e. The predicted molar refractivity (Wildman–Crippen MR) is 138 cm³/mol. The van der Waals surface area contributed by atoms with E-state index in [1.165, 1.54) is 6.08 Å². The van der Waals surface area contributed by atoms with E-state index in [1.54, 1.807) is 42.5 Å². The van der Waals surface area contributed by atoms with E-state index in [4.69, 9.17) is 25.8 Å². The van der Waals surface area contributed by atoms with Crippen LogP contribution in [0.5, 0.6) is 17.2 Å². The summed E-state index contributed by atoms with van der Waals surface area (Å²) in [5, 5.41) is 13.0. The number of nitrogens with one attached hydrogen (secondary N) is 1. The highest BCUT2D eigenvalue weighted by Crippen LogP contribution is 2.30. The molecule has 35 heavy (non-hydrogen) atoms. The van der Waals surface area contributed by atoms with E-state index in [0.717, 1.165) is 5.56 Å². The molecule has 0 aromatic heterocycles. The highest BCUT2D eigenvalue weighted by Gasteiger charge is 2.12. The zero-order chi connectivity index (χ0) is 25.2. The molecule has 0 saturated heterocycles. The Morgan fingerprint density at radius 3 is 2.37 bits per heavy atom. The molecule has 1 N–H and O–H groups in total. The second-order valence-electron chi connectivity index (χ2n) is 7.87. The molecule has 0 aliphatic rings.